The van der Waals surface area contributed by atoms with Crippen molar-refractivity contribution in [2.45, 2.75) is 25.8 Å². The van der Waals surface area contributed by atoms with Gasteiger partial charge in [0.25, 0.3) is 0 Å². The number of halogens is 1. The van der Waals surface area contributed by atoms with E-state index in [1.165, 1.54) is 0 Å². The minimum absolute atomic E-state index is 0.000749. The van der Waals surface area contributed by atoms with Gasteiger partial charge in [-0.05, 0) is 31.5 Å². The van der Waals surface area contributed by atoms with Gasteiger partial charge in [-0.15, -0.1) is 10.2 Å². The summed E-state index contributed by atoms with van der Waals surface area (Å²) in [5, 5.41) is 18.3. The molecule has 6 nitrogen and oxygen atoms in total. The summed E-state index contributed by atoms with van der Waals surface area (Å²) in [7, 11) is 0. The molecule has 3 aromatic rings. The van der Waals surface area contributed by atoms with Crippen molar-refractivity contribution in [2.75, 3.05) is 0 Å². The molecule has 0 saturated heterocycles. The predicted molar refractivity (Wildman–Crippen MR) is 103 cm³/mol. The SMILES string of the molecule is Cc1nnc2n1-c1ccc(Cl)cc1C(c1ccccc1)=NC2CCC(=O)O. The summed E-state index contributed by atoms with van der Waals surface area (Å²) in [6.45, 7) is 1.87. The lowest BCUT2D eigenvalue weighted by Crippen LogP contribution is -2.08. The van der Waals surface area contributed by atoms with E-state index < -0.39 is 12.0 Å². The maximum Gasteiger partial charge on any atom is 0.303 e. The van der Waals surface area contributed by atoms with Gasteiger partial charge in [0.05, 0.1) is 11.4 Å². The molecule has 0 amide bonds. The molecule has 0 spiro atoms. The molecule has 1 unspecified atom stereocenters. The van der Waals surface area contributed by atoms with Gasteiger partial charge in [-0.1, -0.05) is 41.9 Å². The quantitative estimate of drug-likeness (QED) is 0.742. The van der Waals surface area contributed by atoms with Gasteiger partial charge in [-0.25, -0.2) is 0 Å². The number of carboxylic acids is 1. The van der Waals surface area contributed by atoms with Crippen LogP contribution in [-0.4, -0.2) is 31.6 Å². The second kappa shape index (κ2) is 6.96. The molecule has 0 bridgehead atoms. The van der Waals surface area contributed by atoms with Gasteiger partial charge in [-0.3, -0.25) is 14.4 Å². The van der Waals surface area contributed by atoms with Crippen LogP contribution in [0.3, 0.4) is 0 Å². The van der Waals surface area contributed by atoms with Crippen LogP contribution in [0.5, 0.6) is 0 Å². The standard InChI is InChI=1S/C20H17ClN4O2/c1-12-23-24-20-16(8-10-18(26)27)22-19(13-5-3-2-4-6-13)15-11-14(21)7-9-17(15)25(12)20/h2-7,9,11,16H,8,10H2,1H3,(H,26,27). The molecule has 1 atom stereocenters. The highest BCUT2D eigenvalue weighted by atomic mass is 35.5. The van der Waals surface area contributed by atoms with Crippen LogP contribution in [0.4, 0.5) is 0 Å². The topological polar surface area (TPSA) is 80.4 Å². The largest absolute Gasteiger partial charge is 0.481 e. The first-order valence-electron chi connectivity index (χ1n) is 8.62. The van der Waals surface area contributed by atoms with E-state index in [2.05, 4.69) is 10.2 Å². The van der Waals surface area contributed by atoms with Gasteiger partial charge >= 0.3 is 5.97 Å². The van der Waals surface area contributed by atoms with Gasteiger partial charge in [-0.2, -0.15) is 0 Å². The van der Waals surface area contributed by atoms with Crippen molar-refractivity contribution >= 4 is 23.3 Å². The van der Waals surface area contributed by atoms with Gasteiger partial charge in [0.1, 0.15) is 11.9 Å². The normalized spacial score (nSPS) is 15.5. The molecule has 136 valence electrons. The maximum absolute atomic E-state index is 11.2. The molecular formula is C20H17ClN4O2. The summed E-state index contributed by atoms with van der Waals surface area (Å²) < 4.78 is 1.94. The van der Waals surface area contributed by atoms with E-state index in [1.807, 2.05) is 60.0 Å². The highest BCUT2D eigenvalue weighted by Crippen LogP contribution is 2.34. The molecule has 0 saturated carbocycles. The van der Waals surface area contributed by atoms with Crippen molar-refractivity contribution in [3.8, 4) is 5.69 Å². The fraction of sp³-hybridized carbons (Fsp3) is 0.200. The first-order chi connectivity index (χ1) is 13.0. The lowest BCUT2D eigenvalue weighted by atomic mass is 10.0. The zero-order valence-electron chi connectivity index (χ0n) is 14.6. The van der Waals surface area contributed by atoms with Crippen LogP contribution in [0.25, 0.3) is 5.69 Å². The summed E-state index contributed by atoms with van der Waals surface area (Å²) in [5.41, 5.74) is 3.47. The Balaban J connectivity index is 1.97. The second-order valence-electron chi connectivity index (χ2n) is 6.39. The zero-order valence-corrected chi connectivity index (χ0v) is 15.4. The van der Waals surface area contributed by atoms with Crippen LogP contribution < -0.4 is 0 Å². The molecule has 1 aromatic heterocycles. The molecule has 1 aliphatic rings. The number of carboxylic acid groups (broad SMARTS) is 1. The van der Waals surface area contributed by atoms with E-state index in [1.54, 1.807) is 0 Å². The minimum Gasteiger partial charge on any atom is -0.481 e. The second-order valence-corrected chi connectivity index (χ2v) is 6.83. The van der Waals surface area contributed by atoms with Crippen LogP contribution >= 0.6 is 11.6 Å². The highest BCUT2D eigenvalue weighted by Gasteiger charge is 2.28. The molecule has 4 rings (SSSR count). The number of fused-ring (bicyclic) bond motifs is 3. The third kappa shape index (κ3) is 3.24. The average Bonchev–Trinajstić information content (AvgIpc) is 2.97. The van der Waals surface area contributed by atoms with Crippen molar-refractivity contribution in [2.24, 2.45) is 4.99 Å². The molecule has 1 aliphatic heterocycles. The van der Waals surface area contributed by atoms with Crippen LogP contribution in [0.1, 0.15) is 41.7 Å². The Hall–Kier alpha value is -2.99. The van der Waals surface area contributed by atoms with Crippen molar-refractivity contribution in [3.05, 3.63) is 76.3 Å². The third-order valence-electron chi connectivity index (χ3n) is 4.57. The molecule has 1 N–H and O–H groups in total. The lowest BCUT2D eigenvalue weighted by Gasteiger charge is -2.13. The van der Waals surface area contributed by atoms with Crippen LogP contribution in [0.2, 0.25) is 5.02 Å². The van der Waals surface area contributed by atoms with Crippen molar-refractivity contribution in [1.29, 1.82) is 0 Å². The van der Waals surface area contributed by atoms with Gasteiger partial charge in [0.2, 0.25) is 0 Å². The smallest absolute Gasteiger partial charge is 0.303 e. The number of aliphatic carboxylic acids is 1. The van der Waals surface area contributed by atoms with E-state index >= 15 is 0 Å². The van der Waals surface area contributed by atoms with Gasteiger partial charge in [0, 0.05) is 22.6 Å². The molecule has 0 aliphatic carbocycles. The van der Waals surface area contributed by atoms with E-state index in [4.69, 9.17) is 21.7 Å². The van der Waals surface area contributed by atoms with Gasteiger partial charge < -0.3 is 5.11 Å². The minimum atomic E-state index is -0.862. The number of carbonyl (C=O) groups is 1. The fourth-order valence-electron chi connectivity index (χ4n) is 3.35. The summed E-state index contributed by atoms with van der Waals surface area (Å²) in [4.78, 5) is 16.1. The first kappa shape index (κ1) is 17.4. The summed E-state index contributed by atoms with van der Waals surface area (Å²) in [6, 6.07) is 15.0. The Kier molecular flexibility index (Phi) is 4.49. The molecule has 2 heterocycles. The number of hydrogen-bond donors (Lipinski definition) is 1. The molecule has 7 heteroatoms. The molecular weight excluding hydrogens is 364 g/mol. The highest BCUT2D eigenvalue weighted by molar-refractivity contribution is 6.31. The Labute approximate surface area is 161 Å². The number of aryl methyl sites for hydroxylation is 1. The Morgan fingerprint density at radius 3 is 2.70 bits per heavy atom. The maximum atomic E-state index is 11.2. The lowest BCUT2D eigenvalue weighted by molar-refractivity contribution is -0.137. The first-order valence-corrected chi connectivity index (χ1v) is 8.99. The number of aromatic nitrogens is 3. The van der Waals surface area contributed by atoms with Crippen LogP contribution in [-0.2, 0) is 4.79 Å². The summed E-state index contributed by atoms with van der Waals surface area (Å²) >= 11 is 6.29. The monoisotopic (exact) mass is 380 g/mol. The Morgan fingerprint density at radius 2 is 1.96 bits per heavy atom. The number of nitrogens with zero attached hydrogens (tertiary/aromatic N) is 4. The van der Waals surface area contributed by atoms with Gasteiger partial charge in [0.15, 0.2) is 5.82 Å². The Bertz CT molecular complexity index is 1040. The summed E-state index contributed by atoms with van der Waals surface area (Å²) in [5.74, 6) is 0.501. The van der Waals surface area contributed by atoms with E-state index in [-0.39, 0.29) is 6.42 Å². The number of benzene rings is 2. The predicted octanol–water partition coefficient (Wildman–Crippen LogP) is 3.99. The van der Waals surface area contributed by atoms with E-state index in [0.717, 1.165) is 28.4 Å². The third-order valence-corrected chi connectivity index (χ3v) is 4.80. The van der Waals surface area contributed by atoms with Crippen molar-refractivity contribution < 1.29 is 9.90 Å². The molecule has 2 aromatic carbocycles. The number of aliphatic imine (C=N–C) groups is 1. The van der Waals surface area contributed by atoms with Crippen molar-refractivity contribution in [3.63, 3.8) is 0 Å². The average molecular weight is 381 g/mol. The zero-order chi connectivity index (χ0) is 19.0. The molecule has 27 heavy (non-hydrogen) atoms. The molecule has 0 fully saturated rings. The van der Waals surface area contributed by atoms with E-state index in [9.17, 15) is 4.79 Å². The van der Waals surface area contributed by atoms with Crippen molar-refractivity contribution in [1.82, 2.24) is 14.8 Å². The van der Waals surface area contributed by atoms with Crippen LogP contribution in [0.15, 0.2) is 53.5 Å². The number of rotatable bonds is 4. The van der Waals surface area contributed by atoms with E-state index in [0.29, 0.717) is 17.3 Å². The summed E-state index contributed by atoms with van der Waals surface area (Å²) in [6.07, 6.45) is 0.338. The van der Waals surface area contributed by atoms with Crippen LogP contribution in [0, 0.1) is 6.92 Å². The molecule has 0 radical (unpaired) electrons. The fourth-order valence-corrected chi connectivity index (χ4v) is 3.52. The number of hydrogen-bond acceptors (Lipinski definition) is 4. The Morgan fingerprint density at radius 1 is 1.19 bits per heavy atom.